The average molecular weight is 300 g/mol. The van der Waals surface area contributed by atoms with Gasteiger partial charge in [0.15, 0.2) is 11.5 Å². The predicted octanol–water partition coefficient (Wildman–Crippen LogP) is 3.18. The van der Waals surface area contributed by atoms with E-state index in [1.165, 1.54) is 13.2 Å². The molecular formula is C15H22ClNO3. The Kier molecular flexibility index (Phi) is 6.14. The molecule has 4 nitrogen and oxygen atoms in total. The van der Waals surface area contributed by atoms with Crippen molar-refractivity contribution in [2.24, 2.45) is 5.41 Å². The summed E-state index contributed by atoms with van der Waals surface area (Å²) in [7, 11) is 1.47. The third-order valence-corrected chi connectivity index (χ3v) is 3.42. The smallest absolute Gasteiger partial charge is 0.251 e. The lowest BCUT2D eigenvalue weighted by molar-refractivity contribution is 0.0934. The molecule has 0 unspecified atom stereocenters. The Morgan fingerprint density at radius 2 is 2.15 bits per heavy atom. The lowest BCUT2D eigenvalue weighted by atomic mass is 9.88. The first kappa shape index (κ1) is 16.6. The Labute approximate surface area is 125 Å². The summed E-state index contributed by atoms with van der Waals surface area (Å²) >= 11 is 5.69. The van der Waals surface area contributed by atoms with Crippen LogP contribution in [0, 0.1) is 5.41 Å². The molecule has 20 heavy (non-hydrogen) atoms. The van der Waals surface area contributed by atoms with Gasteiger partial charge in [0.1, 0.15) is 0 Å². The Morgan fingerprint density at radius 1 is 1.45 bits per heavy atom. The fraction of sp³-hybridized carbons (Fsp3) is 0.533. The summed E-state index contributed by atoms with van der Waals surface area (Å²) < 4.78 is 4.94. The predicted molar refractivity (Wildman–Crippen MR) is 80.7 cm³/mol. The molecule has 1 rings (SSSR count). The van der Waals surface area contributed by atoms with Gasteiger partial charge in [0.2, 0.25) is 0 Å². The van der Waals surface area contributed by atoms with E-state index in [1.54, 1.807) is 12.1 Å². The molecule has 1 aromatic rings. The number of aromatic hydroxyl groups is 1. The molecule has 0 atom stereocenters. The van der Waals surface area contributed by atoms with E-state index in [9.17, 15) is 9.90 Å². The van der Waals surface area contributed by atoms with Crippen LogP contribution in [0.15, 0.2) is 18.2 Å². The maximum absolute atomic E-state index is 12.0. The Morgan fingerprint density at radius 3 is 2.70 bits per heavy atom. The topological polar surface area (TPSA) is 58.6 Å². The molecule has 1 aromatic carbocycles. The van der Waals surface area contributed by atoms with Crippen molar-refractivity contribution < 1.29 is 14.6 Å². The zero-order valence-corrected chi connectivity index (χ0v) is 13.0. The van der Waals surface area contributed by atoms with Crippen LogP contribution in [-0.4, -0.2) is 30.5 Å². The molecule has 0 aliphatic carbocycles. The molecule has 0 radical (unpaired) electrons. The Balaban J connectivity index is 2.61. The van der Waals surface area contributed by atoms with Crippen LogP contribution in [-0.2, 0) is 0 Å². The molecule has 5 heteroatoms. The zero-order chi connectivity index (χ0) is 15.2. The maximum Gasteiger partial charge on any atom is 0.251 e. The van der Waals surface area contributed by atoms with Crippen molar-refractivity contribution >= 4 is 17.5 Å². The fourth-order valence-electron chi connectivity index (χ4n) is 1.89. The number of hydrogen-bond donors (Lipinski definition) is 2. The molecule has 0 fully saturated rings. The van der Waals surface area contributed by atoms with Gasteiger partial charge in [-0.25, -0.2) is 0 Å². The van der Waals surface area contributed by atoms with E-state index in [0.717, 1.165) is 12.8 Å². The molecule has 0 bridgehead atoms. The molecule has 0 saturated heterocycles. The number of alkyl halides is 1. The second-order valence-electron chi connectivity index (χ2n) is 5.53. The number of nitrogens with one attached hydrogen (secondary N) is 1. The van der Waals surface area contributed by atoms with Crippen LogP contribution in [0.4, 0.5) is 0 Å². The van der Waals surface area contributed by atoms with E-state index in [2.05, 4.69) is 19.2 Å². The maximum atomic E-state index is 12.0. The number of carbonyl (C=O) groups is 1. The Hall–Kier alpha value is -1.42. The molecular weight excluding hydrogens is 278 g/mol. The van der Waals surface area contributed by atoms with Crippen LogP contribution >= 0.6 is 11.6 Å². The first-order chi connectivity index (χ1) is 9.39. The van der Waals surface area contributed by atoms with Gasteiger partial charge in [-0.2, -0.15) is 0 Å². The number of benzene rings is 1. The first-order valence-corrected chi connectivity index (χ1v) is 7.14. The van der Waals surface area contributed by atoms with Crippen molar-refractivity contribution in [3.05, 3.63) is 23.8 Å². The molecule has 1 amide bonds. The molecule has 0 spiro atoms. The molecule has 0 aromatic heterocycles. The highest BCUT2D eigenvalue weighted by Gasteiger charge is 2.19. The Bertz CT molecular complexity index is 460. The molecule has 2 N–H and O–H groups in total. The van der Waals surface area contributed by atoms with Gasteiger partial charge < -0.3 is 15.2 Å². The van der Waals surface area contributed by atoms with Gasteiger partial charge in [-0.3, -0.25) is 4.79 Å². The average Bonchev–Trinajstić information content (AvgIpc) is 2.42. The van der Waals surface area contributed by atoms with E-state index in [-0.39, 0.29) is 17.1 Å². The highest BCUT2D eigenvalue weighted by Crippen LogP contribution is 2.26. The summed E-state index contributed by atoms with van der Waals surface area (Å²) in [4.78, 5) is 12.0. The van der Waals surface area contributed by atoms with Crippen LogP contribution in [0.2, 0.25) is 0 Å². The number of amides is 1. The van der Waals surface area contributed by atoms with Crippen LogP contribution < -0.4 is 10.1 Å². The van der Waals surface area contributed by atoms with Crippen molar-refractivity contribution in [3.8, 4) is 11.5 Å². The summed E-state index contributed by atoms with van der Waals surface area (Å²) in [5.41, 5.74) is 0.412. The minimum atomic E-state index is -0.207. The highest BCUT2D eigenvalue weighted by atomic mass is 35.5. The van der Waals surface area contributed by atoms with E-state index in [0.29, 0.717) is 23.7 Å². The van der Waals surface area contributed by atoms with E-state index >= 15 is 0 Å². The third kappa shape index (κ3) is 4.93. The van der Waals surface area contributed by atoms with Gasteiger partial charge in [0, 0.05) is 18.0 Å². The van der Waals surface area contributed by atoms with Crippen molar-refractivity contribution in [2.45, 2.75) is 26.7 Å². The van der Waals surface area contributed by atoms with Crippen LogP contribution in [0.3, 0.4) is 0 Å². The van der Waals surface area contributed by atoms with Crippen LogP contribution in [0.25, 0.3) is 0 Å². The largest absolute Gasteiger partial charge is 0.504 e. The number of phenolic OH excluding ortho intramolecular Hbond substituents is 1. The molecule has 0 heterocycles. The number of ether oxygens (including phenoxy) is 1. The quantitative estimate of drug-likeness (QED) is 0.760. The van der Waals surface area contributed by atoms with E-state index in [1.807, 2.05) is 0 Å². The van der Waals surface area contributed by atoms with Gasteiger partial charge >= 0.3 is 0 Å². The van der Waals surface area contributed by atoms with Gasteiger partial charge in [-0.15, -0.1) is 11.6 Å². The van der Waals surface area contributed by atoms with E-state index < -0.39 is 0 Å². The lowest BCUT2D eigenvalue weighted by Gasteiger charge is -2.24. The SMILES string of the molecule is COc1ccc(C(=O)NCC(C)(C)CCCCl)cc1O. The van der Waals surface area contributed by atoms with E-state index in [4.69, 9.17) is 16.3 Å². The summed E-state index contributed by atoms with van der Waals surface area (Å²) in [5.74, 6) is 0.733. The van der Waals surface area contributed by atoms with Gasteiger partial charge in [0.25, 0.3) is 5.91 Å². The number of rotatable bonds is 7. The van der Waals surface area contributed by atoms with Crippen molar-refractivity contribution in [3.63, 3.8) is 0 Å². The minimum Gasteiger partial charge on any atom is -0.504 e. The van der Waals surface area contributed by atoms with Gasteiger partial charge in [-0.05, 0) is 36.5 Å². The monoisotopic (exact) mass is 299 g/mol. The van der Waals surface area contributed by atoms with Crippen molar-refractivity contribution in [2.75, 3.05) is 19.5 Å². The van der Waals surface area contributed by atoms with Gasteiger partial charge in [-0.1, -0.05) is 13.8 Å². The molecule has 0 aliphatic heterocycles. The summed E-state index contributed by atoms with van der Waals surface area (Å²) in [6, 6.07) is 4.60. The molecule has 0 aliphatic rings. The summed E-state index contributed by atoms with van der Waals surface area (Å²) in [6.45, 7) is 4.74. The number of halogens is 1. The fourth-order valence-corrected chi connectivity index (χ4v) is 2.02. The van der Waals surface area contributed by atoms with Crippen molar-refractivity contribution in [1.82, 2.24) is 5.32 Å². The number of hydrogen-bond acceptors (Lipinski definition) is 3. The second-order valence-corrected chi connectivity index (χ2v) is 5.90. The molecule has 0 saturated carbocycles. The van der Waals surface area contributed by atoms with Gasteiger partial charge in [0.05, 0.1) is 7.11 Å². The van der Waals surface area contributed by atoms with Crippen LogP contribution in [0.1, 0.15) is 37.0 Å². The summed E-state index contributed by atoms with van der Waals surface area (Å²) in [5, 5.41) is 12.5. The minimum absolute atomic E-state index is 0.000928. The lowest BCUT2D eigenvalue weighted by Crippen LogP contribution is -2.34. The molecule has 112 valence electrons. The third-order valence-electron chi connectivity index (χ3n) is 3.16. The number of methoxy groups -OCH3 is 1. The van der Waals surface area contributed by atoms with Crippen LogP contribution in [0.5, 0.6) is 11.5 Å². The zero-order valence-electron chi connectivity index (χ0n) is 12.2. The summed E-state index contributed by atoms with van der Waals surface area (Å²) in [6.07, 6.45) is 1.87. The normalized spacial score (nSPS) is 11.2. The first-order valence-electron chi connectivity index (χ1n) is 6.61. The number of phenols is 1. The van der Waals surface area contributed by atoms with Crippen molar-refractivity contribution in [1.29, 1.82) is 0 Å². The standard InChI is InChI=1S/C15H22ClNO3/c1-15(2,7-4-8-16)10-17-14(19)11-5-6-13(20-3)12(18)9-11/h5-6,9,18H,4,7-8,10H2,1-3H3,(H,17,19). The highest BCUT2D eigenvalue weighted by molar-refractivity contribution is 6.17. The number of carbonyl (C=O) groups excluding carboxylic acids is 1. The second kappa shape index (κ2) is 7.39.